The maximum absolute atomic E-state index is 12.1. The van der Waals surface area contributed by atoms with E-state index in [0.717, 1.165) is 36.8 Å². The van der Waals surface area contributed by atoms with Crippen LogP contribution in [0.15, 0.2) is 12.1 Å². The van der Waals surface area contributed by atoms with Crippen LogP contribution < -0.4 is 11.3 Å². The largest absolute Gasteiger partial charge is 0.507 e. The van der Waals surface area contributed by atoms with Gasteiger partial charge < -0.3 is 5.11 Å². The molecule has 1 aromatic carbocycles. The van der Waals surface area contributed by atoms with Crippen LogP contribution >= 0.6 is 0 Å². The second-order valence-corrected chi connectivity index (χ2v) is 7.92. The summed E-state index contributed by atoms with van der Waals surface area (Å²) in [5.74, 6) is 5.89. The molecule has 4 heteroatoms. The first-order valence-corrected chi connectivity index (χ1v) is 9.02. The zero-order valence-corrected chi connectivity index (χ0v) is 16.1. The number of phenols is 1. The number of carbonyl (C=O) groups is 1. The molecular formula is C20H34N2O2. The Hall–Kier alpha value is -1.55. The van der Waals surface area contributed by atoms with E-state index in [2.05, 4.69) is 53.0 Å². The minimum Gasteiger partial charge on any atom is -0.507 e. The summed E-state index contributed by atoms with van der Waals surface area (Å²) >= 11 is 0. The van der Waals surface area contributed by atoms with Gasteiger partial charge in [-0.25, -0.2) is 5.84 Å². The molecule has 0 aliphatic rings. The van der Waals surface area contributed by atoms with Gasteiger partial charge >= 0.3 is 0 Å². The lowest BCUT2D eigenvalue weighted by atomic mass is 9.76. The molecule has 0 aliphatic heterocycles. The standard InChI is InChI=1S/C20H34N2O2/c1-7-14(4)15-11-16(19(24)22-21)18(23)17(12-15)20(5,6)10-8-9-13(2)3/h11-14,23H,7-10,21H2,1-6H3,(H,22,24). The molecule has 0 aromatic heterocycles. The van der Waals surface area contributed by atoms with Crippen molar-refractivity contribution in [2.75, 3.05) is 0 Å². The number of amides is 1. The number of rotatable bonds is 8. The van der Waals surface area contributed by atoms with Crippen LogP contribution in [0.2, 0.25) is 0 Å². The fourth-order valence-electron chi connectivity index (χ4n) is 3.03. The zero-order valence-electron chi connectivity index (χ0n) is 16.1. The van der Waals surface area contributed by atoms with E-state index in [0.29, 0.717) is 11.8 Å². The van der Waals surface area contributed by atoms with Crippen LogP contribution in [0.1, 0.15) is 94.6 Å². The van der Waals surface area contributed by atoms with E-state index in [9.17, 15) is 9.90 Å². The number of benzene rings is 1. The first-order valence-electron chi connectivity index (χ1n) is 9.02. The van der Waals surface area contributed by atoms with Crippen molar-refractivity contribution in [3.63, 3.8) is 0 Å². The quantitative estimate of drug-likeness (QED) is 0.369. The summed E-state index contributed by atoms with van der Waals surface area (Å²) in [4.78, 5) is 12.1. The highest BCUT2D eigenvalue weighted by Gasteiger charge is 2.28. The highest BCUT2D eigenvalue weighted by Crippen LogP contribution is 2.39. The molecular weight excluding hydrogens is 300 g/mol. The van der Waals surface area contributed by atoms with Crippen LogP contribution in [-0.2, 0) is 5.41 Å². The van der Waals surface area contributed by atoms with Crippen LogP contribution in [0.5, 0.6) is 5.75 Å². The molecule has 0 spiro atoms. The van der Waals surface area contributed by atoms with Crippen molar-refractivity contribution in [1.82, 2.24) is 5.43 Å². The zero-order chi connectivity index (χ0) is 18.5. The molecule has 0 heterocycles. The number of hydrogen-bond donors (Lipinski definition) is 3. The summed E-state index contributed by atoms with van der Waals surface area (Å²) < 4.78 is 0. The van der Waals surface area contributed by atoms with Crippen LogP contribution in [0, 0.1) is 5.92 Å². The SMILES string of the molecule is CCC(C)c1cc(C(=O)NN)c(O)c(C(C)(C)CCCC(C)C)c1. The number of hydrogen-bond acceptors (Lipinski definition) is 3. The number of aromatic hydroxyl groups is 1. The maximum atomic E-state index is 12.1. The summed E-state index contributed by atoms with van der Waals surface area (Å²) in [6.45, 7) is 13.0. The second kappa shape index (κ2) is 8.52. The molecule has 0 saturated carbocycles. The van der Waals surface area contributed by atoms with E-state index in [1.807, 2.05) is 0 Å². The average Bonchev–Trinajstić information content (AvgIpc) is 2.52. The predicted octanol–water partition coefficient (Wildman–Crippen LogP) is 4.61. The number of nitrogens with two attached hydrogens (primary N) is 1. The van der Waals surface area contributed by atoms with Crippen LogP contribution in [0.25, 0.3) is 0 Å². The Balaban J connectivity index is 3.30. The summed E-state index contributed by atoms with van der Waals surface area (Å²) in [6, 6.07) is 3.82. The van der Waals surface area contributed by atoms with Crippen LogP contribution in [0.4, 0.5) is 0 Å². The molecule has 0 aliphatic carbocycles. The third-order valence-corrected chi connectivity index (χ3v) is 5.00. The minimum absolute atomic E-state index is 0.0551. The van der Waals surface area contributed by atoms with Gasteiger partial charge in [-0.15, -0.1) is 0 Å². The molecule has 0 bridgehead atoms. The van der Waals surface area contributed by atoms with Crippen LogP contribution in [-0.4, -0.2) is 11.0 Å². The van der Waals surface area contributed by atoms with E-state index in [4.69, 9.17) is 5.84 Å². The molecule has 0 radical (unpaired) electrons. The monoisotopic (exact) mass is 334 g/mol. The maximum Gasteiger partial charge on any atom is 0.268 e. The van der Waals surface area contributed by atoms with E-state index in [1.165, 1.54) is 0 Å². The number of nitrogen functional groups attached to an aromatic ring is 1. The molecule has 1 aromatic rings. The highest BCUT2D eigenvalue weighted by atomic mass is 16.3. The van der Waals surface area contributed by atoms with Gasteiger partial charge in [0.15, 0.2) is 0 Å². The van der Waals surface area contributed by atoms with E-state index >= 15 is 0 Å². The van der Waals surface area contributed by atoms with Gasteiger partial charge in [0.25, 0.3) is 5.91 Å². The summed E-state index contributed by atoms with van der Waals surface area (Å²) in [5, 5.41) is 10.7. The number of hydrazine groups is 1. The molecule has 1 rings (SSSR count). The normalized spacial score (nSPS) is 13.2. The summed E-state index contributed by atoms with van der Waals surface area (Å²) in [5.41, 5.74) is 4.11. The first kappa shape index (κ1) is 20.5. The van der Waals surface area contributed by atoms with E-state index in [-0.39, 0.29) is 16.7 Å². The molecule has 24 heavy (non-hydrogen) atoms. The van der Waals surface area contributed by atoms with Crippen molar-refractivity contribution in [2.24, 2.45) is 11.8 Å². The van der Waals surface area contributed by atoms with Gasteiger partial charge in [-0.05, 0) is 41.7 Å². The Morgan fingerprint density at radius 2 is 1.92 bits per heavy atom. The Morgan fingerprint density at radius 1 is 1.29 bits per heavy atom. The fourth-order valence-corrected chi connectivity index (χ4v) is 3.03. The third kappa shape index (κ3) is 4.97. The molecule has 0 fully saturated rings. The van der Waals surface area contributed by atoms with Crippen LogP contribution in [0.3, 0.4) is 0 Å². The number of nitrogens with one attached hydrogen (secondary N) is 1. The van der Waals surface area contributed by atoms with E-state index < -0.39 is 5.91 Å². The smallest absolute Gasteiger partial charge is 0.268 e. The number of carbonyl (C=O) groups excluding carboxylic acids is 1. The lowest BCUT2D eigenvalue weighted by Gasteiger charge is -2.29. The Labute approximate surface area is 146 Å². The Morgan fingerprint density at radius 3 is 2.42 bits per heavy atom. The number of phenolic OH excluding ortho intramolecular Hbond substituents is 1. The molecule has 4 N–H and O–H groups in total. The molecule has 4 nitrogen and oxygen atoms in total. The second-order valence-electron chi connectivity index (χ2n) is 7.92. The molecule has 0 saturated heterocycles. The summed E-state index contributed by atoms with van der Waals surface area (Å²) in [7, 11) is 0. The van der Waals surface area contributed by atoms with Gasteiger partial charge in [-0.1, -0.05) is 60.5 Å². The summed E-state index contributed by atoms with van der Waals surface area (Å²) in [6.07, 6.45) is 4.19. The van der Waals surface area contributed by atoms with Gasteiger partial charge in [0.2, 0.25) is 0 Å². The average molecular weight is 335 g/mol. The van der Waals surface area contributed by atoms with Gasteiger partial charge in [-0.2, -0.15) is 0 Å². The van der Waals surface area contributed by atoms with Gasteiger partial charge in [0, 0.05) is 5.56 Å². The predicted molar refractivity (Wildman–Crippen MR) is 100 cm³/mol. The van der Waals surface area contributed by atoms with Gasteiger partial charge in [0.05, 0.1) is 5.56 Å². The molecule has 136 valence electrons. The molecule has 1 atom stereocenters. The van der Waals surface area contributed by atoms with Gasteiger partial charge in [-0.3, -0.25) is 10.2 Å². The van der Waals surface area contributed by atoms with Crippen molar-refractivity contribution >= 4 is 5.91 Å². The van der Waals surface area contributed by atoms with Crippen molar-refractivity contribution in [3.05, 3.63) is 28.8 Å². The molecule has 1 unspecified atom stereocenters. The van der Waals surface area contributed by atoms with Crippen molar-refractivity contribution in [1.29, 1.82) is 0 Å². The minimum atomic E-state index is -0.447. The lowest BCUT2D eigenvalue weighted by Crippen LogP contribution is -2.31. The van der Waals surface area contributed by atoms with E-state index in [1.54, 1.807) is 6.07 Å². The van der Waals surface area contributed by atoms with Crippen molar-refractivity contribution in [3.8, 4) is 5.75 Å². The highest BCUT2D eigenvalue weighted by molar-refractivity contribution is 5.97. The van der Waals surface area contributed by atoms with Gasteiger partial charge in [0.1, 0.15) is 5.75 Å². The fraction of sp³-hybridized carbons (Fsp3) is 0.650. The lowest BCUT2D eigenvalue weighted by molar-refractivity contribution is 0.0950. The first-order chi connectivity index (χ1) is 11.1. The van der Waals surface area contributed by atoms with Crippen molar-refractivity contribution in [2.45, 2.75) is 78.6 Å². The Bertz CT molecular complexity index is 565. The van der Waals surface area contributed by atoms with Crippen molar-refractivity contribution < 1.29 is 9.90 Å². The topological polar surface area (TPSA) is 75.4 Å². The Kier molecular flexibility index (Phi) is 7.27. The molecule has 1 amide bonds. The third-order valence-electron chi connectivity index (χ3n) is 5.00.